The number of benzene rings is 1. The maximum atomic E-state index is 3.31. The zero-order chi connectivity index (χ0) is 7.68. The zero-order valence-corrected chi connectivity index (χ0v) is 7.24. The highest BCUT2D eigenvalue weighted by atomic mass is 32.1. The number of thiophene rings is 1. The summed E-state index contributed by atoms with van der Waals surface area (Å²) in [5.41, 5.74) is 1.35. The first-order valence-electron chi connectivity index (χ1n) is 3.80. The highest BCUT2D eigenvalue weighted by Gasteiger charge is 1.99. The predicted molar refractivity (Wildman–Crippen MR) is 50.0 cm³/mol. The summed E-state index contributed by atoms with van der Waals surface area (Å²) in [4.78, 5) is 0. The Labute approximate surface area is 70.5 Å². The molecule has 0 nitrogen and oxygen atoms in total. The van der Waals surface area contributed by atoms with Crippen molar-refractivity contribution >= 4 is 21.4 Å². The van der Waals surface area contributed by atoms with E-state index in [1.807, 2.05) is 0 Å². The second-order valence-corrected chi connectivity index (χ2v) is 3.38. The Bertz CT molecular complexity index is 360. The van der Waals surface area contributed by atoms with Crippen molar-refractivity contribution in [1.82, 2.24) is 0 Å². The Balaban J connectivity index is 2.76. The minimum absolute atomic E-state index is 1.09. The summed E-state index contributed by atoms with van der Waals surface area (Å²) < 4.78 is 1.35. The molecule has 0 aliphatic heterocycles. The molecular weight excluding hydrogens is 152 g/mol. The van der Waals surface area contributed by atoms with Crippen LogP contribution < -0.4 is 0 Å². The van der Waals surface area contributed by atoms with Gasteiger partial charge in [0.15, 0.2) is 0 Å². The highest BCUT2D eigenvalue weighted by Crippen LogP contribution is 2.24. The molecule has 1 aromatic heterocycles. The summed E-state index contributed by atoms with van der Waals surface area (Å²) in [5, 5.41) is 4.68. The topological polar surface area (TPSA) is 0 Å². The first-order valence-corrected chi connectivity index (χ1v) is 4.61. The average Bonchev–Trinajstić information content (AvgIpc) is 2.47. The molecule has 0 N–H and O–H groups in total. The van der Waals surface area contributed by atoms with Crippen LogP contribution in [-0.4, -0.2) is 0 Å². The third kappa shape index (κ3) is 1.05. The molecule has 2 aromatic rings. The summed E-state index contributed by atoms with van der Waals surface area (Å²) in [6.07, 6.45) is 1.09. The van der Waals surface area contributed by atoms with E-state index >= 15 is 0 Å². The second kappa shape index (κ2) is 2.67. The van der Waals surface area contributed by atoms with Gasteiger partial charge in [-0.2, -0.15) is 0 Å². The van der Waals surface area contributed by atoms with E-state index in [0.29, 0.717) is 0 Å². The van der Waals surface area contributed by atoms with Crippen molar-refractivity contribution in [1.29, 1.82) is 0 Å². The van der Waals surface area contributed by atoms with Gasteiger partial charge < -0.3 is 0 Å². The fourth-order valence-electron chi connectivity index (χ4n) is 1.24. The molecule has 55 valence electrons. The molecule has 1 radical (unpaired) electrons. The Morgan fingerprint density at radius 3 is 3.00 bits per heavy atom. The van der Waals surface area contributed by atoms with Gasteiger partial charge in [0, 0.05) is 10.1 Å². The largest absolute Gasteiger partial charge is 0.134 e. The van der Waals surface area contributed by atoms with Gasteiger partial charge in [0.05, 0.1) is 0 Å². The third-order valence-corrected chi connectivity index (χ3v) is 2.77. The van der Waals surface area contributed by atoms with E-state index in [2.05, 4.69) is 36.6 Å². The summed E-state index contributed by atoms with van der Waals surface area (Å²) in [6.45, 7) is 2.17. The highest BCUT2D eigenvalue weighted by molar-refractivity contribution is 7.16. The summed E-state index contributed by atoms with van der Waals surface area (Å²) in [6, 6.07) is 8.48. The van der Waals surface area contributed by atoms with Crippen LogP contribution in [0, 0.1) is 5.38 Å². The van der Waals surface area contributed by atoms with Gasteiger partial charge >= 0.3 is 0 Å². The number of hydrogen-bond acceptors (Lipinski definition) is 1. The van der Waals surface area contributed by atoms with Crippen molar-refractivity contribution in [2.75, 3.05) is 0 Å². The van der Waals surface area contributed by atoms with Gasteiger partial charge in [0.2, 0.25) is 0 Å². The number of aryl methyl sites for hydroxylation is 1. The predicted octanol–water partition coefficient (Wildman–Crippen LogP) is 3.26. The quantitative estimate of drug-likeness (QED) is 0.602. The van der Waals surface area contributed by atoms with E-state index in [-0.39, 0.29) is 0 Å². The molecule has 0 spiro atoms. The van der Waals surface area contributed by atoms with Crippen LogP contribution in [0.1, 0.15) is 12.5 Å². The van der Waals surface area contributed by atoms with Crippen molar-refractivity contribution in [3.05, 3.63) is 35.2 Å². The van der Waals surface area contributed by atoms with Gasteiger partial charge in [-0.1, -0.05) is 25.1 Å². The van der Waals surface area contributed by atoms with Crippen LogP contribution in [0.3, 0.4) is 0 Å². The van der Waals surface area contributed by atoms with Crippen molar-refractivity contribution in [2.45, 2.75) is 13.3 Å². The van der Waals surface area contributed by atoms with Gasteiger partial charge in [-0.25, -0.2) is 0 Å². The van der Waals surface area contributed by atoms with Crippen molar-refractivity contribution in [2.24, 2.45) is 0 Å². The lowest BCUT2D eigenvalue weighted by Gasteiger charge is -1.90. The van der Waals surface area contributed by atoms with Crippen LogP contribution in [0.4, 0.5) is 0 Å². The molecule has 1 heterocycles. The van der Waals surface area contributed by atoms with Crippen LogP contribution in [0.15, 0.2) is 24.3 Å². The SMILES string of the molecule is CCc1[c]sc2ccccc12. The number of fused-ring (bicyclic) bond motifs is 1. The number of rotatable bonds is 1. The van der Waals surface area contributed by atoms with E-state index in [4.69, 9.17) is 0 Å². The van der Waals surface area contributed by atoms with E-state index in [1.54, 1.807) is 11.3 Å². The second-order valence-electron chi connectivity index (χ2n) is 2.53. The Morgan fingerprint density at radius 1 is 1.36 bits per heavy atom. The lowest BCUT2D eigenvalue weighted by Crippen LogP contribution is -1.73. The van der Waals surface area contributed by atoms with Crippen LogP contribution in [0.25, 0.3) is 10.1 Å². The molecule has 0 aliphatic carbocycles. The number of hydrogen-bond donors (Lipinski definition) is 0. The molecule has 1 heteroatoms. The van der Waals surface area contributed by atoms with Crippen LogP contribution >= 0.6 is 11.3 Å². The van der Waals surface area contributed by atoms with E-state index in [0.717, 1.165) is 6.42 Å². The Hall–Kier alpha value is -0.820. The molecule has 11 heavy (non-hydrogen) atoms. The minimum Gasteiger partial charge on any atom is -0.134 e. The van der Waals surface area contributed by atoms with Gasteiger partial charge in [0.1, 0.15) is 0 Å². The molecule has 0 unspecified atom stereocenters. The molecule has 0 amide bonds. The van der Waals surface area contributed by atoms with Crippen LogP contribution in [-0.2, 0) is 6.42 Å². The molecular formula is C10H9S. The normalized spacial score (nSPS) is 10.6. The lowest BCUT2D eigenvalue weighted by molar-refractivity contribution is 1.17. The van der Waals surface area contributed by atoms with Crippen LogP contribution in [0.5, 0.6) is 0 Å². The van der Waals surface area contributed by atoms with E-state index in [1.165, 1.54) is 15.6 Å². The van der Waals surface area contributed by atoms with E-state index in [9.17, 15) is 0 Å². The molecule has 0 saturated heterocycles. The Morgan fingerprint density at radius 2 is 2.18 bits per heavy atom. The van der Waals surface area contributed by atoms with Crippen molar-refractivity contribution < 1.29 is 0 Å². The minimum atomic E-state index is 1.09. The van der Waals surface area contributed by atoms with Gasteiger partial charge in [-0.3, -0.25) is 0 Å². The maximum absolute atomic E-state index is 3.31. The van der Waals surface area contributed by atoms with Gasteiger partial charge in [-0.15, -0.1) is 11.3 Å². The average molecular weight is 161 g/mol. The molecule has 0 fully saturated rings. The van der Waals surface area contributed by atoms with Gasteiger partial charge in [0.25, 0.3) is 0 Å². The molecule has 2 rings (SSSR count). The molecule has 0 saturated carbocycles. The third-order valence-electron chi connectivity index (χ3n) is 1.85. The van der Waals surface area contributed by atoms with Crippen molar-refractivity contribution in [3.8, 4) is 0 Å². The standard InChI is InChI=1S/C10H9S/c1-2-8-7-11-10-6-4-3-5-9(8)10/h3-6H,2H2,1H3. The molecule has 0 atom stereocenters. The fraction of sp³-hybridized carbons (Fsp3) is 0.200. The first-order chi connectivity index (χ1) is 5.42. The molecule has 0 aliphatic rings. The van der Waals surface area contributed by atoms with Crippen LogP contribution in [0.2, 0.25) is 0 Å². The fourth-order valence-corrected chi connectivity index (χ4v) is 2.17. The monoisotopic (exact) mass is 161 g/mol. The zero-order valence-electron chi connectivity index (χ0n) is 6.42. The molecule has 0 bridgehead atoms. The van der Waals surface area contributed by atoms with E-state index < -0.39 is 0 Å². The summed E-state index contributed by atoms with van der Waals surface area (Å²) in [7, 11) is 0. The maximum Gasteiger partial charge on any atom is 0.0490 e. The van der Waals surface area contributed by atoms with Crippen molar-refractivity contribution in [3.63, 3.8) is 0 Å². The first kappa shape index (κ1) is 6.86. The molecule has 1 aromatic carbocycles. The smallest absolute Gasteiger partial charge is 0.0490 e. The summed E-state index contributed by atoms with van der Waals surface area (Å²) >= 11 is 1.71. The van der Waals surface area contributed by atoms with Gasteiger partial charge in [-0.05, 0) is 23.4 Å². The summed E-state index contributed by atoms with van der Waals surface area (Å²) in [5.74, 6) is 0. The Kier molecular flexibility index (Phi) is 1.66. The lowest BCUT2D eigenvalue weighted by atomic mass is 10.1.